The lowest BCUT2D eigenvalue weighted by Crippen LogP contribution is -2.25. The van der Waals surface area contributed by atoms with Crippen LogP contribution in [0, 0.1) is 0 Å². The molecule has 0 aliphatic carbocycles. The van der Waals surface area contributed by atoms with Crippen molar-refractivity contribution < 1.29 is 9.90 Å². The van der Waals surface area contributed by atoms with Crippen molar-refractivity contribution >= 4 is 5.97 Å². The molecule has 0 aliphatic rings. The van der Waals surface area contributed by atoms with Crippen LogP contribution in [0.1, 0.15) is 10.4 Å². The standard InChI is InChI=1S/C16H18N2O3/c1-17(2)9-10-18-11-14(7-8-15(18)19)12-3-5-13(6-4-12)16(20)21/h3-8,11H,9-10H2,1-2H3,(H,20,21). The highest BCUT2D eigenvalue weighted by Crippen LogP contribution is 2.18. The van der Waals surface area contributed by atoms with E-state index in [1.165, 1.54) is 6.07 Å². The van der Waals surface area contributed by atoms with Gasteiger partial charge in [0.15, 0.2) is 0 Å². The monoisotopic (exact) mass is 286 g/mol. The third-order valence-corrected chi connectivity index (χ3v) is 3.24. The highest BCUT2D eigenvalue weighted by atomic mass is 16.4. The predicted molar refractivity (Wildman–Crippen MR) is 81.7 cm³/mol. The number of carboxylic acids is 1. The maximum atomic E-state index is 11.8. The van der Waals surface area contributed by atoms with Gasteiger partial charge in [-0.05, 0) is 43.4 Å². The Morgan fingerprint density at radius 1 is 1.10 bits per heavy atom. The maximum absolute atomic E-state index is 11.8. The summed E-state index contributed by atoms with van der Waals surface area (Å²) in [5.74, 6) is -0.947. The fraction of sp³-hybridized carbons (Fsp3) is 0.250. The van der Waals surface area contributed by atoms with Crippen LogP contribution in [0.2, 0.25) is 0 Å². The number of carbonyl (C=O) groups is 1. The Labute approximate surface area is 123 Å². The number of pyridine rings is 1. The van der Waals surface area contributed by atoms with E-state index in [2.05, 4.69) is 0 Å². The molecule has 5 nitrogen and oxygen atoms in total. The highest BCUT2D eigenvalue weighted by molar-refractivity contribution is 5.88. The summed E-state index contributed by atoms with van der Waals surface area (Å²) < 4.78 is 1.67. The van der Waals surface area contributed by atoms with E-state index < -0.39 is 5.97 Å². The van der Waals surface area contributed by atoms with E-state index >= 15 is 0 Å². The Bertz CT molecular complexity index is 687. The molecule has 2 rings (SSSR count). The molecule has 2 aromatic rings. The number of nitrogens with zero attached hydrogens (tertiary/aromatic N) is 2. The van der Waals surface area contributed by atoms with Gasteiger partial charge in [0, 0.05) is 25.4 Å². The van der Waals surface area contributed by atoms with Gasteiger partial charge in [-0.15, -0.1) is 0 Å². The summed E-state index contributed by atoms with van der Waals surface area (Å²) in [6.45, 7) is 1.40. The van der Waals surface area contributed by atoms with E-state index in [0.29, 0.717) is 6.54 Å². The van der Waals surface area contributed by atoms with Gasteiger partial charge in [0.2, 0.25) is 0 Å². The lowest BCUT2D eigenvalue weighted by Gasteiger charge is -2.12. The van der Waals surface area contributed by atoms with Gasteiger partial charge in [-0.1, -0.05) is 12.1 Å². The van der Waals surface area contributed by atoms with Gasteiger partial charge >= 0.3 is 5.97 Å². The minimum absolute atomic E-state index is 0.0391. The number of aromatic carboxylic acids is 1. The number of rotatable bonds is 5. The minimum Gasteiger partial charge on any atom is -0.478 e. The van der Waals surface area contributed by atoms with E-state index in [-0.39, 0.29) is 11.1 Å². The van der Waals surface area contributed by atoms with Gasteiger partial charge < -0.3 is 14.6 Å². The van der Waals surface area contributed by atoms with Crippen molar-refractivity contribution in [3.05, 3.63) is 58.5 Å². The van der Waals surface area contributed by atoms with Crippen molar-refractivity contribution in [2.75, 3.05) is 20.6 Å². The van der Waals surface area contributed by atoms with Gasteiger partial charge in [-0.25, -0.2) is 4.79 Å². The Morgan fingerprint density at radius 3 is 2.29 bits per heavy atom. The van der Waals surface area contributed by atoms with Crippen molar-refractivity contribution in [3.63, 3.8) is 0 Å². The maximum Gasteiger partial charge on any atom is 0.335 e. The number of carboxylic acid groups (broad SMARTS) is 1. The van der Waals surface area contributed by atoms with Crippen molar-refractivity contribution in [1.29, 1.82) is 0 Å². The zero-order valence-electron chi connectivity index (χ0n) is 12.1. The van der Waals surface area contributed by atoms with Crippen LogP contribution in [0.25, 0.3) is 11.1 Å². The number of hydrogen-bond acceptors (Lipinski definition) is 3. The Balaban J connectivity index is 2.29. The molecular formula is C16H18N2O3. The van der Waals surface area contributed by atoms with Crippen LogP contribution in [0.4, 0.5) is 0 Å². The van der Waals surface area contributed by atoms with Crippen LogP contribution in [-0.4, -0.2) is 41.2 Å². The summed E-state index contributed by atoms with van der Waals surface area (Å²) in [6, 6.07) is 9.92. The molecule has 0 saturated heterocycles. The fourth-order valence-electron chi connectivity index (χ4n) is 1.99. The van der Waals surface area contributed by atoms with E-state index in [9.17, 15) is 9.59 Å². The van der Waals surface area contributed by atoms with Gasteiger partial charge in [0.05, 0.1) is 5.56 Å². The Hall–Kier alpha value is -2.40. The second kappa shape index (κ2) is 6.37. The number of benzene rings is 1. The van der Waals surface area contributed by atoms with Crippen molar-refractivity contribution in [1.82, 2.24) is 9.47 Å². The molecule has 0 spiro atoms. The smallest absolute Gasteiger partial charge is 0.335 e. The third kappa shape index (κ3) is 3.79. The average molecular weight is 286 g/mol. The van der Waals surface area contributed by atoms with E-state index in [1.54, 1.807) is 34.9 Å². The molecule has 0 amide bonds. The first kappa shape index (κ1) is 15.0. The van der Waals surface area contributed by atoms with E-state index in [1.807, 2.05) is 25.2 Å². The summed E-state index contributed by atoms with van der Waals surface area (Å²) >= 11 is 0. The Kier molecular flexibility index (Phi) is 4.55. The van der Waals surface area contributed by atoms with Crippen molar-refractivity contribution in [2.45, 2.75) is 6.54 Å². The predicted octanol–water partition coefficient (Wildman–Crippen LogP) is 1.78. The zero-order chi connectivity index (χ0) is 15.4. The van der Waals surface area contributed by atoms with Crippen LogP contribution in [0.3, 0.4) is 0 Å². The van der Waals surface area contributed by atoms with Gasteiger partial charge in [0.25, 0.3) is 5.56 Å². The molecule has 0 unspecified atom stereocenters. The molecule has 1 N–H and O–H groups in total. The van der Waals surface area contributed by atoms with Crippen LogP contribution in [-0.2, 0) is 6.54 Å². The van der Waals surface area contributed by atoms with Gasteiger partial charge in [-0.2, -0.15) is 0 Å². The lowest BCUT2D eigenvalue weighted by atomic mass is 10.1. The second-order valence-corrected chi connectivity index (χ2v) is 5.14. The van der Waals surface area contributed by atoms with Crippen LogP contribution in [0.5, 0.6) is 0 Å². The first-order valence-corrected chi connectivity index (χ1v) is 6.66. The number of aromatic nitrogens is 1. The third-order valence-electron chi connectivity index (χ3n) is 3.24. The van der Waals surface area contributed by atoms with E-state index in [4.69, 9.17) is 5.11 Å². The molecule has 0 saturated carbocycles. The highest BCUT2D eigenvalue weighted by Gasteiger charge is 2.05. The molecule has 1 aromatic heterocycles. The number of hydrogen-bond donors (Lipinski definition) is 1. The lowest BCUT2D eigenvalue weighted by molar-refractivity contribution is 0.0697. The number of likely N-dealkylation sites (N-methyl/N-ethyl adjacent to an activating group) is 1. The fourth-order valence-corrected chi connectivity index (χ4v) is 1.99. The summed E-state index contributed by atoms with van der Waals surface area (Å²) in [4.78, 5) is 24.7. The van der Waals surface area contributed by atoms with Gasteiger partial charge in [-0.3, -0.25) is 4.79 Å². The molecule has 1 aromatic carbocycles. The SMILES string of the molecule is CN(C)CCn1cc(-c2ccc(C(=O)O)cc2)ccc1=O. The largest absolute Gasteiger partial charge is 0.478 e. The summed E-state index contributed by atoms with van der Waals surface area (Å²) in [7, 11) is 3.92. The molecule has 5 heteroatoms. The Morgan fingerprint density at radius 2 is 1.71 bits per heavy atom. The molecule has 0 bridgehead atoms. The summed E-state index contributed by atoms with van der Waals surface area (Å²) in [5, 5.41) is 8.90. The minimum atomic E-state index is -0.947. The van der Waals surface area contributed by atoms with Crippen molar-refractivity contribution in [3.8, 4) is 11.1 Å². The topological polar surface area (TPSA) is 62.5 Å². The first-order valence-electron chi connectivity index (χ1n) is 6.66. The molecule has 0 aliphatic heterocycles. The summed E-state index contributed by atoms with van der Waals surface area (Å²) in [6.07, 6.45) is 1.81. The van der Waals surface area contributed by atoms with Crippen LogP contribution in [0.15, 0.2) is 47.4 Å². The molecule has 21 heavy (non-hydrogen) atoms. The quantitative estimate of drug-likeness (QED) is 0.910. The molecule has 110 valence electrons. The average Bonchev–Trinajstić information content (AvgIpc) is 2.46. The first-order chi connectivity index (χ1) is 9.97. The molecule has 0 atom stereocenters. The summed E-state index contributed by atoms with van der Waals surface area (Å²) in [5.41, 5.74) is 1.99. The van der Waals surface area contributed by atoms with E-state index in [0.717, 1.165) is 17.7 Å². The molecule has 0 radical (unpaired) electrons. The normalized spacial score (nSPS) is 10.8. The van der Waals surface area contributed by atoms with Crippen molar-refractivity contribution in [2.24, 2.45) is 0 Å². The molecule has 0 fully saturated rings. The van der Waals surface area contributed by atoms with Crippen LogP contribution < -0.4 is 5.56 Å². The van der Waals surface area contributed by atoms with Gasteiger partial charge in [0.1, 0.15) is 0 Å². The second-order valence-electron chi connectivity index (χ2n) is 5.14. The molecule has 1 heterocycles. The zero-order valence-corrected chi connectivity index (χ0v) is 12.1. The van der Waals surface area contributed by atoms with Crippen LogP contribution >= 0.6 is 0 Å². The molecular weight excluding hydrogens is 268 g/mol.